The first-order chi connectivity index (χ1) is 34.3. The number of nitrogens with zero attached hydrogens (tertiary/aromatic N) is 3. The molecule has 382 valence electrons. The molecule has 0 bridgehead atoms. The van der Waals surface area contributed by atoms with Crippen molar-refractivity contribution in [3.05, 3.63) is 113 Å². The Labute approximate surface area is 416 Å². The first-order valence-electron chi connectivity index (χ1n) is 26.7. The summed E-state index contributed by atoms with van der Waals surface area (Å²) in [5, 5.41) is 25.2. The number of hydrogen-bond acceptors (Lipinski definition) is 10. The van der Waals surface area contributed by atoms with Gasteiger partial charge in [-0.2, -0.15) is 0 Å². The first-order valence-corrected chi connectivity index (χ1v) is 26.7. The molecule has 2 N–H and O–H groups in total. The van der Waals surface area contributed by atoms with Crippen LogP contribution in [0.2, 0.25) is 0 Å². The fraction of sp³-hybridized carbons (Fsp3) is 0.603. The van der Waals surface area contributed by atoms with Gasteiger partial charge < -0.3 is 38.9 Å². The lowest BCUT2D eigenvalue weighted by atomic mass is 9.55. The quantitative estimate of drug-likeness (QED) is 0.0396. The molecule has 2 aliphatic heterocycles. The van der Waals surface area contributed by atoms with Crippen LogP contribution < -0.4 is 9.47 Å². The Morgan fingerprint density at radius 2 is 1.70 bits per heavy atom. The lowest BCUT2D eigenvalue weighted by Crippen LogP contribution is -2.70. The Hall–Kier alpha value is -4.62. The Morgan fingerprint density at radius 3 is 2.41 bits per heavy atom. The number of aliphatic hydroxyl groups is 2. The SMILES string of the molecule is C=CCO[C@@]12Oc3ccc(OCc4cccc(C)n4)cc3[C@H]3[C@H](CCCCO)[C@@H](CCCCO)C=C(C(=NOC4CCCCO4)C[C@@H]1N(Cc1ccc(F)cc1)C(=O)CCCCCCCCCCC)[C@H]32. The number of allylic oxidation sites excluding steroid dienone is 1. The fourth-order valence-electron chi connectivity index (χ4n) is 11.4. The smallest absolute Gasteiger partial charge is 0.239 e. The number of aliphatic hydroxyl groups excluding tert-OH is 2. The van der Waals surface area contributed by atoms with E-state index in [2.05, 4.69) is 30.6 Å². The number of carbonyl (C=O) groups excluding carboxylic acids is 1. The molecule has 2 aliphatic carbocycles. The van der Waals surface area contributed by atoms with Crippen molar-refractivity contribution in [2.45, 2.75) is 179 Å². The van der Waals surface area contributed by atoms with E-state index in [4.69, 9.17) is 28.9 Å². The van der Waals surface area contributed by atoms with Crippen LogP contribution >= 0.6 is 0 Å². The summed E-state index contributed by atoms with van der Waals surface area (Å²) in [7, 11) is 0. The highest BCUT2D eigenvalue weighted by Crippen LogP contribution is 2.62. The van der Waals surface area contributed by atoms with Crippen LogP contribution in [0.5, 0.6) is 11.5 Å². The number of aromatic nitrogens is 1. The van der Waals surface area contributed by atoms with Crippen LogP contribution in [0.1, 0.15) is 164 Å². The largest absolute Gasteiger partial charge is 0.487 e. The highest BCUT2D eigenvalue weighted by Gasteiger charge is 2.65. The lowest BCUT2D eigenvalue weighted by molar-refractivity contribution is -0.258. The number of rotatable bonds is 29. The highest BCUT2D eigenvalue weighted by molar-refractivity contribution is 6.03. The normalized spacial score (nSPS) is 24.2. The van der Waals surface area contributed by atoms with Crippen LogP contribution in [0.25, 0.3) is 0 Å². The second-order valence-electron chi connectivity index (χ2n) is 20.0. The van der Waals surface area contributed by atoms with E-state index >= 15 is 4.79 Å². The summed E-state index contributed by atoms with van der Waals surface area (Å²) < 4.78 is 41.9. The van der Waals surface area contributed by atoms with Gasteiger partial charge >= 0.3 is 0 Å². The minimum absolute atomic E-state index is 0.0289. The van der Waals surface area contributed by atoms with Crippen LogP contribution in [-0.4, -0.2) is 76.3 Å². The molecular weight excluding hydrogens is 886 g/mol. The topological polar surface area (TPSA) is 132 Å². The summed E-state index contributed by atoms with van der Waals surface area (Å²) in [5.41, 5.74) is 5.19. The van der Waals surface area contributed by atoms with Crippen molar-refractivity contribution in [2.75, 3.05) is 26.4 Å². The van der Waals surface area contributed by atoms with Crippen LogP contribution in [-0.2, 0) is 32.3 Å². The zero-order valence-electron chi connectivity index (χ0n) is 42.0. The van der Waals surface area contributed by atoms with Gasteiger partial charge in [-0.05, 0) is 117 Å². The predicted molar refractivity (Wildman–Crippen MR) is 272 cm³/mol. The van der Waals surface area contributed by atoms with E-state index in [0.717, 1.165) is 104 Å². The molecule has 0 spiro atoms. The van der Waals surface area contributed by atoms with Crippen molar-refractivity contribution in [1.82, 2.24) is 9.88 Å². The molecule has 1 saturated heterocycles. The molecule has 70 heavy (non-hydrogen) atoms. The average Bonchev–Trinajstić information content (AvgIpc) is 3.37. The van der Waals surface area contributed by atoms with Crippen LogP contribution in [0.4, 0.5) is 4.39 Å². The molecule has 3 aromatic rings. The van der Waals surface area contributed by atoms with Gasteiger partial charge in [0.1, 0.15) is 30.0 Å². The summed E-state index contributed by atoms with van der Waals surface area (Å²) in [6.45, 7) is 9.75. The fourth-order valence-corrected chi connectivity index (χ4v) is 11.4. The van der Waals surface area contributed by atoms with Crippen molar-refractivity contribution in [1.29, 1.82) is 0 Å². The predicted octanol–water partition coefficient (Wildman–Crippen LogP) is 12.2. The van der Waals surface area contributed by atoms with Gasteiger partial charge in [0.2, 0.25) is 18.0 Å². The molecular formula is C58H80FN3O8. The van der Waals surface area contributed by atoms with Gasteiger partial charge in [-0.15, -0.1) is 6.58 Å². The molecule has 1 saturated carbocycles. The maximum Gasteiger partial charge on any atom is 0.239 e. The number of unbranched alkanes of at least 4 members (excludes halogenated alkanes) is 10. The second-order valence-corrected chi connectivity index (χ2v) is 20.0. The van der Waals surface area contributed by atoms with E-state index in [1.54, 1.807) is 18.2 Å². The van der Waals surface area contributed by atoms with Gasteiger partial charge in [0.15, 0.2) is 0 Å². The van der Waals surface area contributed by atoms with Gasteiger partial charge in [0.25, 0.3) is 0 Å². The number of oxime groups is 1. The monoisotopic (exact) mass is 966 g/mol. The third kappa shape index (κ3) is 13.9. The van der Waals surface area contributed by atoms with E-state index in [0.29, 0.717) is 37.4 Å². The molecule has 3 heterocycles. The summed E-state index contributed by atoms with van der Waals surface area (Å²) in [6.07, 6.45) is 21.6. The second kappa shape index (κ2) is 27.3. The molecule has 0 radical (unpaired) electrons. The number of hydrogen-bond donors (Lipinski definition) is 2. The van der Waals surface area contributed by atoms with Gasteiger partial charge in [-0.1, -0.05) is 107 Å². The van der Waals surface area contributed by atoms with Gasteiger partial charge in [0.05, 0.1) is 30.5 Å². The van der Waals surface area contributed by atoms with Crippen molar-refractivity contribution in [2.24, 2.45) is 22.9 Å². The van der Waals surface area contributed by atoms with E-state index in [-0.39, 0.29) is 68.9 Å². The Morgan fingerprint density at radius 1 is 0.943 bits per heavy atom. The molecule has 11 nitrogen and oxygen atoms in total. The number of halogens is 1. The zero-order chi connectivity index (χ0) is 49.1. The summed E-state index contributed by atoms with van der Waals surface area (Å²) in [4.78, 5) is 28.2. The number of benzene rings is 2. The third-order valence-electron chi connectivity index (χ3n) is 14.9. The Balaban J connectivity index is 1.36. The van der Waals surface area contributed by atoms with Crippen LogP contribution in [0, 0.1) is 30.5 Å². The van der Waals surface area contributed by atoms with Crippen molar-refractivity contribution in [3.63, 3.8) is 0 Å². The molecule has 7 atom stereocenters. The lowest BCUT2D eigenvalue weighted by Gasteiger charge is -2.60. The third-order valence-corrected chi connectivity index (χ3v) is 14.9. The van der Waals surface area contributed by atoms with Crippen LogP contribution in [0.3, 0.4) is 0 Å². The van der Waals surface area contributed by atoms with Gasteiger partial charge in [-0.25, -0.2) is 4.39 Å². The maximum atomic E-state index is 15.3. The van der Waals surface area contributed by atoms with Gasteiger partial charge in [-0.3, -0.25) is 9.78 Å². The van der Waals surface area contributed by atoms with Crippen molar-refractivity contribution >= 4 is 11.6 Å². The molecule has 1 amide bonds. The summed E-state index contributed by atoms with van der Waals surface area (Å²) in [5.74, 6) is -1.04. The minimum Gasteiger partial charge on any atom is -0.487 e. The Kier molecular flexibility index (Phi) is 20.7. The van der Waals surface area contributed by atoms with E-state index in [1.165, 1.54) is 44.2 Å². The van der Waals surface area contributed by atoms with Crippen LogP contribution in [0.15, 0.2) is 90.1 Å². The molecule has 2 fully saturated rings. The first kappa shape index (κ1) is 53.2. The van der Waals surface area contributed by atoms with E-state index < -0.39 is 24.0 Å². The summed E-state index contributed by atoms with van der Waals surface area (Å²) in [6, 6.07) is 17.6. The minimum atomic E-state index is -1.43. The zero-order valence-corrected chi connectivity index (χ0v) is 42.0. The van der Waals surface area contributed by atoms with E-state index in [9.17, 15) is 14.6 Å². The molecule has 4 aliphatic rings. The molecule has 7 rings (SSSR count). The number of carbonyl (C=O) groups is 1. The molecule has 1 aromatic heterocycles. The standard InChI is InChI=1S/C58H80FN3O8/c1-4-6-7-8-9-10-11-12-13-25-54(65)62(40-43-27-29-45(59)30-28-43)53-39-51(61-70-55-26-16-19-36-66-55)49-37-44(22-14-17-33-63)48(24-15-18-34-64)56-50-38-47(67-41-46-23-20-21-42(3)60-46)31-32-52(50)69-58(53,57(49)56)68-35-5-2/h5,20-21,23,27-32,37-38,44,48,53,55-57,63-64H,2,4,6-19,22,24-26,33-36,39-41H2,1,3H3/t44-,48+,53-,55?,56+,57+,58+/m0/s1. The maximum absolute atomic E-state index is 15.3. The van der Waals surface area contributed by atoms with Gasteiger partial charge in [0, 0.05) is 56.2 Å². The number of amides is 1. The molecule has 1 unspecified atom stereocenters. The summed E-state index contributed by atoms with van der Waals surface area (Å²) >= 11 is 0. The average molecular weight is 966 g/mol. The highest BCUT2D eigenvalue weighted by atomic mass is 19.1. The van der Waals surface area contributed by atoms with Crippen molar-refractivity contribution < 1.29 is 43.2 Å². The number of fused-ring (bicyclic) bond motifs is 2. The number of aryl methyl sites for hydroxylation is 1. The van der Waals surface area contributed by atoms with E-state index in [1.807, 2.05) is 42.2 Å². The Bertz CT molecular complexity index is 2160. The van der Waals surface area contributed by atoms with Crippen molar-refractivity contribution in [3.8, 4) is 11.5 Å². The molecule has 2 aromatic carbocycles. The molecule has 12 heteroatoms. The number of ether oxygens (including phenoxy) is 4. The number of pyridine rings is 1.